The van der Waals surface area contributed by atoms with Gasteiger partial charge in [0.05, 0.1) is 16.5 Å². The van der Waals surface area contributed by atoms with E-state index in [0.717, 1.165) is 12.1 Å². The van der Waals surface area contributed by atoms with Gasteiger partial charge in [0, 0.05) is 25.5 Å². The number of benzene rings is 1. The molecule has 0 saturated carbocycles. The van der Waals surface area contributed by atoms with Gasteiger partial charge in [-0.05, 0) is 24.3 Å². The zero-order valence-electron chi connectivity index (χ0n) is 13.0. The van der Waals surface area contributed by atoms with Gasteiger partial charge >= 0.3 is 6.01 Å². The van der Waals surface area contributed by atoms with E-state index in [1.165, 1.54) is 10.4 Å². The Labute approximate surface area is 149 Å². The van der Waals surface area contributed by atoms with Crippen molar-refractivity contribution < 1.29 is 22.3 Å². The Balaban J connectivity index is 1.68. The van der Waals surface area contributed by atoms with Crippen molar-refractivity contribution in [3.63, 3.8) is 0 Å². The van der Waals surface area contributed by atoms with Crippen molar-refractivity contribution in [3.8, 4) is 6.01 Å². The highest BCUT2D eigenvalue weighted by Gasteiger charge is 2.31. The van der Waals surface area contributed by atoms with Gasteiger partial charge in [-0.3, -0.25) is 0 Å². The monoisotopic (exact) mass is 387 g/mol. The van der Waals surface area contributed by atoms with E-state index in [-0.39, 0.29) is 42.2 Å². The molecule has 25 heavy (non-hydrogen) atoms. The molecule has 0 radical (unpaired) electrons. The summed E-state index contributed by atoms with van der Waals surface area (Å²) in [7, 11) is -3.80. The van der Waals surface area contributed by atoms with E-state index in [9.17, 15) is 12.8 Å². The van der Waals surface area contributed by atoms with Gasteiger partial charge in [0.25, 0.3) is 0 Å². The van der Waals surface area contributed by atoms with Crippen LogP contribution in [0.4, 0.5) is 4.39 Å². The SMILES string of the molecule is O=S(=O)(c1ccc(F)c(Cl)c1)N1CCOC(COc2ncccn2)C1. The van der Waals surface area contributed by atoms with Crippen LogP contribution in [0.15, 0.2) is 41.6 Å². The molecule has 3 rings (SSSR count). The van der Waals surface area contributed by atoms with Crippen LogP contribution in [-0.2, 0) is 14.8 Å². The lowest BCUT2D eigenvalue weighted by atomic mass is 10.3. The number of sulfonamides is 1. The van der Waals surface area contributed by atoms with Crippen LogP contribution in [0.1, 0.15) is 0 Å². The van der Waals surface area contributed by atoms with Gasteiger partial charge in [-0.1, -0.05) is 11.6 Å². The van der Waals surface area contributed by atoms with Gasteiger partial charge in [-0.2, -0.15) is 4.31 Å². The van der Waals surface area contributed by atoms with Crippen LogP contribution in [0.3, 0.4) is 0 Å². The van der Waals surface area contributed by atoms with E-state index < -0.39 is 21.9 Å². The average molecular weight is 388 g/mol. The van der Waals surface area contributed by atoms with Crippen molar-refractivity contribution in [2.75, 3.05) is 26.3 Å². The summed E-state index contributed by atoms with van der Waals surface area (Å²) in [6.45, 7) is 0.623. The van der Waals surface area contributed by atoms with E-state index in [1.54, 1.807) is 18.5 Å². The number of nitrogens with zero attached hydrogens (tertiary/aromatic N) is 3. The van der Waals surface area contributed by atoms with Crippen molar-refractivity contribution in [1.29, 1.82) is 0 Å². The average Bonchev–Trinajstić information content (AvgIpc) is 2.63. The maximum Gasteiger partial charge on any atom is 0.316 e. The molecule has 1 atom stereocenters. The van der Waals surface area contributed by atoms with E-state index in [1.807, 2.05) is 0 Å². The first-order chi connectivity index (χ1) is 12.0. The number of morpholine rings is 1. The van der Waals surface area contributed by atoms with Crippen LogP contribution in [0.5, 0.6) is 6.01 Å². The lowest BCUT2D eigenvalue weighted by Gasteiger charge is -2.31. The van der Waals surface area contributed by atoms with Crippen molar-refractivity contribution in [1.82, 2.24) is 14.3 Å². The molecule has 134 valence electrons. The Kier molecular flexibility index (Phi) is 5.48. The summed E-state index contributed by atoms with van der Waals surface area (Å²) in [5.74, 6) is -0.670. The molecule has 1 aliphatic rings. The second kappa shape index (κ2) is 7.61. The fourth-order valence-electron chi connectivity index (χ4n) is 2.33. The summed E-state index contributed by atoms with van der Waals surface area (Å²) in [5.41, 5.74) is 0. The van der Waals surface area contributed by atoms with Gasteiger partial charge < -0.3 is 9.47 Å². The summed E-state index contributed by atoms with van der Waals surface area (Å²) in [6.07, 6.45) is 2.61. The maximum absolute atomic E-state index is 13.3. The second-order valence-electron chi connectivity index (χ2n) is 5.27. The minimum atomic E-state index is -3.80. The highest BCUT2D eigenvalue weighted by Crippen LogP contribution is 2.23. The normalized spacial score (nSPS) is 18.9. The molecule has 0 aliphatic carbocycles. The summed E-state index contributed by atoms with van der Waals surface area (Å²) in [4.78, 5) is 7.79. The number of aromatic nitrogens is 2. The van der Waals surface area contributed by atoms with E-state index >= 15 is 0 Å². The molecule has 1 aliphatic heterocycles. The molecule has 1 aromatic carbocycles. The maximum atomic E-state index is 13.3. The molecular formula is C15H15ClFN3O4S. The molecule has 10 heteroatoms. The Hall–Kier alpha value is -1.81. The number of ether oxygens (including phenoxy) is 2. The minimum absolute atomic E-state index is 0.0631. The predicted molar refractivity (Wildman–Crippen MR) is 87.4 cm³/mol. The molecule has 1 unspecified atom stereocenters. The molecule has 7 nitrogen and oxygen atoms in total. The zero-order valence-corrected chi connectivity index (χ0v) is 14.6. The van der Waals surface area contributed by atoms with Crippen LogP contribution in [0, 0.1) is 5.82 Å². The van der Waals surface area contributed by atoms with Crippen LogP contribution >= 0.6 is 11.6 Å². The first kappa shape index (κ1) is 18.0. The van der Waals surface area contributed by atoms with Crippen LogP contribution < -0.4 is 4.74 Å². The standard InChI is InChI=1S/C15H15ClFN3O4S/c16-13-8-12(2-3-14(13)17)25(21,22)20-6-7-23-11(9-20)10-24-15-18-4-1-5-19-15/h1-5,8,11H,6-7,9-10H2. The van der Waals surface area contributed by atoms with Gasteiger partial charge in [-0.25, -0.2) is 22.8 Å². The highest BCUT2D eigenvalue weighted by atomic mass is 35.5. The Morgan fingerprint density at radius 1 is 1.36 bits per heavy atom. The third-order valence-corrected chi connectivity index (χ3v) is 5.72. The van der Waals surface area contributed by atoms with Gasteiger partial charge in [0.15, 0.2) is 0 Å². The molecule has 1 aromatic heterocycles. The molecule has 0 amide bonds. The number of rotatable bonds is 5. The van der Waals surface area contributed by atoms with Crippen molar-refractivity contribution in [2.24, 2.45) is 0 Å². The number of hydrogen-bond acceptors (Lipinski definition) is 6. The molecular weight excluding hydrogens is 373 g/mol. The first-order valence-corrected chi connectivity index (χ1v) is 9.25. The third kappa shape index (κ3) is 4.24. The number of halogens is 2. The van der Waals surface area contributed by atoms with E-state index in [0.29, 0.717) is 0 Å². The molecule has 0 N–H and O–H groups in total. The number of hydrogen-bond donors (Lipinski definition) is 0. The summed E-state index contributed by atoms with van der Waals surface area (Å²) in [5, 5.41) is -0.240. The summed E-state index contributed by atoms with van der Waals surface area (Å²) >= 11 is 5.69. The fourth-order valence-corrected chi connectivity index (χ4v) is 4.05. The van der Waals surface area contributed by atoms with Gasteiger partial charge in [0.2, 0.25) is 10.0 Å². The minimum Gasteiger partial charge on any atom is -0.461 e. The van der Waals surface area contributed by atoms with Crippen molar-refractivity contribution >= 4 is 21.6 Å². The van der Waals surface area contributed by atoms with E-state index in [4.69, 9.17) is 21.1 Å². The quantitative estimate of drug-likeness (QED) is 0.777. The smallest absolute Gasteiger partial charge is 0.316 e. The van der Waals surface area contributed by atoms with Gasteiger partial charge in [0.1, 0.15) is 18.5 Å². The van der Waals surface area contributed by atoms with Gasteiger partial charge in [-0.15, -0.1) is 0 Å². The first-order valence-electron chi connectivity index (χ1n) is 7.43. The third-order valence-electron chi connectivity index (χ3n) is 3.57. The Morgan fingerprint density at radius 3 is 2.84 bits per heavy atom. The Bertz CT molecular complexity index is 838. The highest BCUT2D eigenvalue weighted by molar-refractivity contribution is 7.89. The fraction of sp³-hybridized carbons (Fsp3) is 0.333. The molecule has 1 fully saturated rings. The lowest BCUT2D eigenvalue weighted by molar-refractivity contribution is -0.0265. The Morgan fingerprint density at radius 2 is 2.12 bits per heavy atom. The molecule has 1 saturated heterocycles. The zero-order chi connectivity index (χ0) is 17.9. The van der Waals surface area contributed by atoms with Crippen LogP contribution in [0.25, 0.3) is 0 Å². The predicted octanol–water partition coefficient (Wildman–Crippen LogP) is 1.74. The largest absolute Gasteiger partial charge is 0.461 e. The van der Waals surface area contributed by atoms with Crippen molar-refractivity contribution in [2.45, 2.75) is 11.0 Å². The summed E-state index contributed by atoms with van der Waals surface area (Å²) in [6, 6.07) is 5.17. The molecule has 0 bridgehead atoms. The topological polar surface area (TPSA) is 81.6 Å². The van der Waals surface area contributed by atoms with Crippen LogP contribution in [0.2, 0.25) is 5.02 Å². The molecule has 2 aromatic rings. The van der Waals surface area contributed by atoms with Crippen LogP contribution in [-0.4, -0.2) is 55.1 Å². The van der Waals surface area contributed by atoms with Crippen molar-refractivity contribution in [3.05, 3.63) is 47.5 Å². The molecule has 0 spiro atoms. The van der Waals surface area contributed by atoms with E-state index in [2.05, 4.69) is 9.97 Å². The molecule has 2 heterocycles. The summed E-state index contributed by atoms with van der Waals surface area (Å²) < 4.78 is 50.9. The second-order valence-corrected chi connectivity index (χ2v) is 7.62. The lowest BCUT2D eigenvalue weighted by Crippen LogP contribution is -2.47.